The van der Waals surface area contributed by atoms with Crippen molar-refractivity contribution in [3.05, 3.63) is 23.9 Å². The zero-order valence-corrected chi connectivity index (χ0v) is 14.1. The summed E-state index contributed by atoms with van der Waals surface area (Å²) in [4.78, 5) is 26.9. The van der Waals surface area contributed by atoms with Crippen molar-refractivity contribution < 1.29 is 27.5 Å². The van der Waals surface area contributed by atoms with Crippen molar-refractivity contribution in [1.29, 1.82) is 0 Å². The molecule has 1 aromatic heterocycles. The molecule has 0 aliphatic heterocycles. The Labute approximate surface area is 135 Å². The van der Waals surface area contributed by atoms with E-state index in [0.29, 0.717) is 12.8 Å². The predicted molar refractivity (Wildman–Crippen MR) is 82.6 cm³/mol. The van der Waals surface area contributed by atoms with Gasteiger partial charge in [0.2, 0.25) is 15.9 Å². The van der Waals surface area contributed by atoms with Crippen molar-refractivity contribution in [3.8, 4) is 5.88 Å². The van der Waals surface area contributed by atoms with Crippen LogP contribution in [0.1, 0.15) is 44.0 Å². The van der Waals surface area contributed by atoms with E-state index in [1.807, 2.05) is 11.6 Å². The van der Waals surface area contributed by atoms with Crippen LogP contribution in [-0.2, 0) is 14.8 Å². The summed E-state index contributed by atoms with van der Waals surface area (Å²) in [5.41, 5.74) is 0.0367. The van der Waals surface area contributed by atoms with Gasteiger partial charge in [-0.15, -0.1) is 0 Å². The Morgan fingerprint density at radius 1 is 1.30 bits per heavy atom. The first-order valence-electron chi connectivity index (χ1n) is 7.13. The van der Waals surface area contributed by atoms with Crippen molar-refractivity contribution in [3.63, 3.8) is 0 Å². The average Bonchev–Trinajstić information content (AvgIpc) is 2.44. The highest BCUT2D eigenvalue weighted by atomic mass is 32.2. The quantitative estimate of drug-likeness (QED) is 0.751. The fourth-order valence-electron chi connectivity index (χ4n) is 1.46. The number of hydrogen-bond acceptors (Lipinski definition) is 7. The molecule has 0 fully saturated rings. The Hall–Kier alpha value is -2.16. The summed E-state index contributed by atoms with van der Waals surface area (Å²) in [6, 6.07) is 2.57. The molecule has 1 rings (SSSR count). The molecule has 9 heteroatoms. The zero-order valence-electron chi connectivity index (χ0n) is 13.2. The van der Waals surface area contributed by atoms with Crippen molar-refractivity contribution in [2.24, 2.45) is 0 Å². The fraction of sp³-hybridized carbons (Fsp3) is 0.500. The van der Waals surface area contributed by atoms with E-state index in [0.717, 1.165) is 6.20 Å². The molecule has 1 N–H and O–H groups in total. The number of rotatable bonds is 7. The van der Waals surface area contributed by atoms with E-state index in [1.54, 1.807) is 13.8 Å². The second-order valence-electron chi connectivity index (χ2n) is 5.01. The van der Waals surface area contributed by atoms with Crippen LogP contribution in [0.2, 0.25) is 0 Å². The van der Waals surface area contributed by atoms with Gasteiger partial charge in [-0.2, -0.15) is 0 Å². The number of unbranched alkanes of at least 4 members (excludes halogenated alkanes) is 1. The van der Waals surface area contributed by atoms with Crippen molar-refractivity contribution >= 4 is 22.1 Å². The molecule has 0 spiro atoms. The van der Waals surface area contributed by atoms with Gasteiger partial charge in [-0.05, 0) is 26.3 Å². The Morgan fingerprint density at radius 2 is 2.00 bits per heavy atom. The van der Waals surface area contributed by atoms with Crippen LogP contribution in [0.25, 0.3) is 0 Å². The lowest BCUT2D eigenvalue weighted by atomic mass is 10.3. The fourth-order valence-corrected chi connectivity index (χ4v) is 2.63. The van der Waals surface area contributed by atoms with Crippen LogP contribution < -0.4 is 9.46 Å². The summed E-state index contributed by atoms with van der Waals surface area (Å²) in [6.45, 7) is 5.19. The molecular weight excluding hydrogens is 324 g/mol. The number of carbonyl (C=O) groups excluding carboxylic acids is 2. The van der Waals surface area contributed by atoms with Gasteiger partial charge in [0.1, 0.15) is 0 Å². The third-order valence-corrected chi connectivity index (χ3v) is 3.86. The molecule has 8 nitrogen and oxygen atoms in total. The minimum atomic E-state index is -3.67. The molecule has 23 heavy (non-hydrogen) atoms. The van der Waals surface area contributed by atoms with Gasteiger partial charge in [-0.3, -0.25) is 4.79 Å². The van der Waals surface area contributed by atoms with E-state index in [1.165, 1.54) is 12.1 Å². The maximum Gasteiger partial charge on any atom is 0.515 e. The molecule has 0 saturated heterocycles. The van der Waals surface area contributed by atoms with Crippen LogP contribution in [0.4, 0.5) is 4.79 Å². The molecule has 1 heterocycles. The van der Waals surface area contributed by atoms with Crippen molar-refractivity contribution in [2.75, 3.05) is 5.75 Å². The molecule has 0 saturated carbocycles. The smallest absolute Gasteiger partial charge is 0.431 e. The molecule has 1 aromatic rings. The van der Waals surface area contributed by atoms with Crippen LogP contribution in [-0.4, -0.2) is 37.3 Å². The molecule has 1 amide bonds. The molecule has 0 unspecified atom stereocenters. The number of ether oxygens (including phenoxy) is 2. The lowest BCUT2D eigenvalue weighted by Gasteiger charge is -2.08. The number of aromatic nitrogens is 1. The van der Waals surface area contributed by atoms with Gasteiger partial charge < -0.3 is 9.47 Å². The summed E-state index contributed by atoms with van der Waals surface area (Å²) in [6.07, 6.45) is 1.04. The van der Waals surface area contributed by atoms with Crippen LogP contribution in [0.5, 0.6) is 5.88 Å². The summed E-state index contributed by atoms with van der Waals surface area (Å²) in [5.74, 6) is -0.962. The molecular formula is C14H20N2O6S. The van der Waals surface area contributed by atoms with Gasteiger partial charge in [0.05, 0.1) is 17.4 Å². The SMILES string of the molecule is CCCCS(=O)(=O)NC(=O)c1ccc(OC(=O)OC(C)C)nc1. The van der Waals surface area contributed by atoms with E-state index in [2.05, 4.69) is 4.98 Å². The average molecular weight is 344 g/mol. The van der Waals surface area contributed by atoms with E-state index >= 15 is 0 Å². The Kier molecular flexibility index (Phi) is 6.95. The summed E-state index contributed by atoms with van der Waals surface area (Å²) in [7, 11) is -3.67. The van der Waals surface area contributed by atoms with Gasteiger partial charge in [-0.25, -0.2) is 22.9 Å². The Bertz CT molecular complexity index is 640. The van der Waals surface area contributed by atoms with E-state index in [-0.39, 0.29) is 23.3 Å². The molecule has 0 atom stereocenters. The monoisotopic (exact) mass is 344 g/mol. The van der Waals surface area contributed by atoms with E-state index < -0.39 is 22.1 Å². The highest BCUT2D eigenvalue weighted by molar-refractivity contribution is 7.90. The van der Waals surface area contributed by atoms with Gasteiger partial charge >= 0.3 is 6.16 Å². The second kappa shape index (κ2) is 8.47. The first-order chi connectivity index (χ1) is 10.7. The van der Waals surface area contributed by atoms with Crippen LogP contribution in [0, 0.1) is 0 Å². The molecule has 0 aliphatic rings. The standard InChI is InChI=1S/C14H20N2O6S/c1-4-5-8-23(19,20)16-13(17)11-6-7-12(15-9-11)22-14(18)21-10(2)3/h6-7,9-10H,4-5,8H2,1-3H3,(H,16,17). The molecule has 0 bridgehead atoms. The number of amides is 1. The van der Waals surface area contributed by atoms with Gasteiger partial charge in [0, 0.05) is 12.3 Å². The Balaban J connectivity index is 2.65. The van der Waals surface area contributed by atoms with E-state index in [4.69, 9.17) is 9.47 Å². The molecule has 0 radical (unpaired) electrons. The summed E-state index contributed by atoms with van der Waals surface area (Å²) < 4.78 is 34.8. The summed E-state index contributed by atoms with van der Waals surface area (Å²) >= 11 is 0. The third-order valence-electron chi connectivity index (χ3n) is 2.53. The molecule has 128 valence electrons. The minimum Gasteiger partial charge on any atom is -0.431 e. The van der Waals surface area contributed by atoms with Gasteiger partial charge in [-0.1, -0.05) is 13.3 Å². The topological polar surface area (TPSA) is 112 Å². The normalized spacial score (nSPS) is 11.1. The predicted octanol–water partition coefficient (Wildman–Crippen LogP) is 1.87. The maximum absolute atomic E-state index is 11.8. The number of hydrogen-bond donors (Lipinski definition) is 1. The third kappa shape index (κ3) is 7.09. The second-order valence-corrected chi connectivity index (χ2v) is 6.85. The zero-order chi connectivity index (χ0) is 17.5. The number of carbonyl (C=O) groups is 2. The van der Waals surface area contributed by atoms with Crippen LogP contribution in [0.15, 0.2) is 18.3 Å². The largest absolute Gasteiger partial charge is 0.515 e. The number of nitrogens with one attached hydrogen (secondary N) is 1. The maximum atomic E-state index is 11.8. The minimum absolute atomic E-state index is 0.0367. The number of sulfonamides is 1. The van der Waals surface area contributed by atoms with Gasteiger partial charge in [0.25, 0.3) is 5.91 Å². The molecule has 0 aromatic carbocycles. The van der Waals surface area contributed by atoms with Crippen molar-refractivity contribution in [1.82, 2.24) is 9.71 Å². The highest BCUT2D eigenvalue weighted by Crippen LogP contribution is 2.09. The van der Waals surface area contributed by atoms with Crippen LogP contribution >= 0.6 is 0 Å². The van der Waals surface area contributed by atoms with Crippen molar-refractivity contribution in [2.45, 2.75) is 39.7 Å². The molecule has 0 aliphatic carbocycles. The highest BCUT2D eigenvalue weighted by Gasteiger charge is 2.16. The first-order valence-corrected chi connectivity index (χ1v) is 8.78. The lowest BCUT2D eigenvalue weighted by molar-refractivity contribution is 0.0716. The Morgan fingerprint density at radius 3 is 2.52 bits per heavy atom. The van der Waals surface area contributed by atoms with Crippen LogP contribution in [0.3, 0.4) is 0 Å². The summed E-state index contributed by atoms with van der Waals surface area (Å²) in [5, 5.41) is 0. The first kappa shape index (κ1) is 18.9. The van der Waals surface area contributed by atoms with Gasteiger partial charge in [0.15, 0.2) is 0 Å². The lowest BCUT2D eigenvalue weighted by Crippen LogP contribution is -2.32. The number of pyridine rings is 1. The number of nitrogens with zero attached hydrogens (tertiary/aromatic N) is 1. The van der Waals surface area contributed by atoms with E-state index in [9.17, 15) is 18.0 Å².